The zero-order chi connectivity index (χ0) is 13.1. The highest BCUT2D eigenvalue weighted by molar-refractivity contribution is 5.97. The summed E-state index contributed by atoms with van der Waals surface area (Å²) < 4.78 is 10.3. The fourth-order valence-corrected chi connectivity index (χ4v) is 2.79. The van der Waals surface area contributed by atoms with Gasteiger partial charge in [0.2, 0.25) is 6.29 Å². The summed E-state index contributed by atoms with van der Waals surface area (Å²) in [6, 6.07) is 1.55. The summed E-state index contributed by atoms with van der Waals surface area (Å²) in [7, 11) is 0. The monoisotopic (exact) mass is 248 g/mol. The van der Waals surface area contributed by atoms with Crippen LogP contribution in [0.25, 0.3) is 0 Å². The van der Waals surface area contributed by atoms with Gasteiger partial charge in [-0.15, -0.1) is 0 Å². The van der Waals surface area contributed by atoms with Crippen LogP contribution in [0.2, 0.25) is 0 Å². The number of rotatable bonds is 0. The van der Waals surface area contributed by atoms with E-state index in [9.17, 15) is 14.7 Å². The summed E-state index contributed by atoms with van der Waals surface area (Å²) >= 11 is 0. The fourth-order valence-electron chi connectivity index (χ4n) is 2.79. The molecule has 3 rings (SSSR count). The Labute approximate surface area is 103 Å². The third-order valence-corrected chi connectivity index (χ3v) is 3.66. The molecule has 0 amide bonds. The number of aryl methyl sites for hydroxylation is 1. The average Bonchev–Trinajstić information content (AvgIpc) is 2.54. The van der Waals surface area contributed by atoms with Crippen LogP contribution in [-0.2, 0) is 10.2 Å². The van der Waals surface area contributed by atoms with E-state index >= 15 is 0 Å². The van der Waals surface area contributed by atoms with E-state index in [1.165, 1.54) is 6.08 Å². The van der Waals surface area contributed by atoms with E-state index in [2.05, 4.69) is 0 Å². The van der Waals surface area contributed by atoms with Crippen molar-refractivity contribution in [3.8, 4) is 5.75 Å². The van der Waals surface area contributed by atoms with Crippen molar-refractivity contribution in [2.45, 2.75) is 25.6 Å². The minimum Gasteiger partial charge on any atom is -0.464 e. The summed E-state index contributed by atoms with van der Waals surface area (Å²) in [5, 5.41) is 9.93. The maximum atomic E-state index is 12.0. The minimum atomic E-state index is -1.24. The molecular weight excluding hydrogens is 236 g/mol. The second kappa shape index (κ2) is 3.32. The van der Waals surface area contributed by atoms with E-state index < -0.39 is 23.2 Å². The molecule has 0 radical (unpaired) electrons. The van der Waals surface area contributed by atoms with Gasteiger partial charge in [-0.2, -0.15) is 0 Å². The van der Waals surface area contributed by atoms with Gasteiger partial charge in [0, 0.05) is 11.5 Å². The SMILES string of the molecule is Cc1cc2c(c(=O)o1)[C@]1(C)C=CC(=O)[C@@H]1[C@H](O)O2. The maximum Gasteiger partial charge on any atom is 0.343 e. The average molecular weight is 248 g/mol. The first kappa shape index (κ1) is 11.2. The molecule has 18 heavy (non-hydrogen) atoms. The van der Waals surface area contributed by atoms with Gasteiger partial charge < -0.3 is 14.3 Å². The fraction of sp³-hybridized carbons (Fsp3) is 0.385. The van der Waals surface area contributed by atoms with E-state index in [0.717, 1.165) is 0 Å². The number of ketones is 1. The zero-order valence-corrected chi connectivity index (χ0v) is 9.97. The van der Waals surface area contributed by atoms with Crippen LogP contribution in [0.15, 0.2) is 27.4 Å². The van der Waals surface area contributed by atoms with Crippen LogP contribution in [0.4, 0.5) is 0 Å². The van der Waals surface area contributed by atoms with Crippen molar-refractivity contribution in [2.24, 2.45) is 5.92 Å². The van der Waals surface area contributed by atoms with E-state index in [1.54, 1.807) is 26.0 Å². The summed E-state index contributed by atoms with van der Waals surface area (Å²) in [5.41, 5.74) is -1.09. The summed E-state index contributed by atoms with van der Waals surface area (Å²) in [4.78, 5) is 23.7. The molecule has 1 aliphatic heterocycles. The van der Waals surface area contributed by atoms with Gasteiger partial charge in [0.1, 0.15) is 11.5 Å². The maximum absolute atomic E-state index is 12.0. The van der Waals surface area contributed by atoms with Gasteiger partial charge in [-0.3, -0.25) is 4.79 Å². The quantitative estimate of drug-likeness (QED) is 0.730. The van der Waals surface area contributed by atoms with Crippen LogP contribution in [-0.4, -0.2) is 17.2 Å². The first-order valence-corrected chi connectivity index (χ1v) is 5.66. The lowest BCUT2D eigenvalue weighted by Crippen LogP contribution is -2.48. The summed E-state index contributed by atoms with van der Waals surface area (Å²) in [6.07, 6.45) is 1.77. The molecule has 1 aliphatic carbocycles. The predicted octanol–water partition coefficient (Wildman–Crippen LogP) is 0.672. The molecule has 0 saturated carbocycles. The Morgan fingerprint density at radius 1 is 1.39 bits per heavy atom. The molecule has 0 aromatic carbocycles. The van der Waals surface area contributed by atoms with E-state index in [-0.39, 0.29) is 11.5 Å². The van der Waals surface area contributed by atoms with Crippen LogP contribution in [0, 0.1) is 12.8 Å². The summed E-state index contributed by atoms with van der Waals surface area (Å²) in [6.45, 7) is 3.36. The van der Waals surface area contributed by atoms with Gasteiger partial charge in [-0.05, 0) is 13.0 Å². The first-order chi connectivity index (χ1) is 8.43. The predicted molar refractivity (Wildman–Crippen MR) is 61.3 cm³/mol. The number of hydrogen-bond donors (Lipinski definition) is 1. The molecule has 0 saturated heterocycles. The molecule has 5 heteroatoms. The van der Waals surface area contributed by atoms with Crippen LogP contribution in [0.5, 0.6) is 5.75 Å². The van der Waals surface area contributed by atoms with E-state index in [0.29, 0.717) is 11.3 Å². The minimum absolute atomic E-state index is 0.240. The van der Waals surface area contributed by atoms with Crippen molar-refractivity contribution in [3.05, 3.63) is 40.0 Å². The Balaban J connectivity index is 2.31. The van der Waals surface area contributed by atoms with Crippen LogP contribution < -0.4 is 10.4 Å². The molecule has 0 bridgehead atoms. The number of carbonyl (C=O) groups excluding carboxylic acids is 1. The Morgan fingerprint density at radius 3 is 2.83 bits per heavy atom. The van der Waals surface area contributed by atoms with Crippen LogP contribution in [0.3, 0.4) is 0 Å². The van der Waals surface area contributed by atoms with Crippen molar-refractivity contribution in [1.82, 2.24) is 0 Å². The van der Waals surface area contributed by atoms with Gasteiger partial charge in [0.15, 0.2) is 5.78 Å². The van der Waals surface area contributed by atoms with Crippen molar-refractivity contribution >= 4 is 5.78 Å². The number of aliphatic hydroxyl groups is 1. The van der Waals surface area contributed by atoms with Gasteiger partial charge in [-0.1, -0.05) is 13.0 Å². The third kappa shape index (κ3) is 1.25. The van der Waals surface area contributed by atoms with Crippen LogP contribution >= 0.6 is 0 Å². The van der Waals surface area contributed by atoms with Gasteiger partial charge >= 0.3 is 5.63 Å². The topological polar surface area (TPSA) is 76.7 Å². The molecule has 2 heterocycles. The number of carbonyl (C=O) groups is 1. The first-order valence-electron chi connectivity index (χ1n) is 5.66. The van der Waals surface area contributed by atoms with Gasteiger partial charge in [-0.25, -0.2) is 4.79 Å². The molecule has 1 N–H and O–H groups in total. The lowest BCUT2D eigenvalue weighted by atomic mass is 9.72. The Kier molecular flexibility index (Phi) is 2.07. The molecular formula is C13H12O5. The van der Waals surface area contributed by atoms with Gasteiger partial charge in [0.25, 0.3) is 0 Å². The number of aliphatic hydroxyl groups excluding tert-OH is 1. The molecule has 3 atom stereocenters. The van der Waals surface area contributed by atoms with E-state index in [4.69, 9.17) is 9.15 Å². The highest BCUT2D eigenvalue weighted by Gasteiger charge is 2.53. The lowest BCUT2D eigenvalue weighted by Gasteiger charge is -2.38. The Hall–Kier alpha value is -1.88. The van der Waals surface area contributed by atoms with Crippen molar-refractivity contribution in [3.63, 3.8) is 0 Å². The lowest BCUT2D eigenvalue weighted by molar-refractivity contribution is -0.137. The number of allylic oxidation sites excluding steroid dienone is 2. The molecule has 1 aromatic rings. The Bertz CT molecular complexity index is 627. The third-order valence-electron chi connectivity index (χ3n) is 3.66. The standard InChI is InChI=1S/C13H12O5/c1-6-5-8-10(12(16)17-6)13(2)4-3-7(14)9(13)11(15)18-8/h3-5,9,11,15H,1-2H3/t9-,11-,13-/m1/s1. The van der Waals surface area contributed by atoms with Crippen molar-refractivity contribution in [1.29, 1.82) is 0 Å². The molecule has 0 unspecified atom stereocenters. The van der Waals surface area contributed by atoms with E-state index in [1.807, 2.05) is 0 Å². The molecule has 94 valence electrons. The number of fused-ring (bicyclic) bond motifs is 3. The van der Waals surface area contributed by atoms with Crippen molar-refractivity contribution < 1.29 is 19.1 Å². The second-order valence-corrected chi connectivity index (χ2v) is 4.89. The highest BCUT2D eigenvalue weighted by atomic mass is 16.6. The smallest absolute Gasteiger partial charge is 0.343 e. The van der Waals surface area contributed by atoms with Gasteiger partial charge in [0.05, 0.1) is 11.5 Å². The zero-order valence-electron chi connectivity index (χ0n) is 9.97. The molecule has 1 aromatic heterocycles. The number of hydrogen-bond acceptors (Lipinski definition) is 5. The molecule has 0 spiro atoms. The molecule has 5 nitrogen and oxygen atoms in total. The highest BCUT2D eigenvalue weighted by Crippen LogP contribution is 2.47. The molecule has 0 fully saturated rings. The largest absolute Gasteiger partial charge is 0.464 e. The Morgan fingerprint density at radius 2 is 2.11 bits per heavy atom. The number of ether oxygens (including phenoxy) is 1. The normalized spacial score (nSPS) is 32.9. The van der Waals surface area contributed by atoms with Crippen LogP contribution in [0.1, 0.15) is 18.2 Å². The second-order valence-electron chi connectivity index (χ2n) is 4.89. The van der Waals surface area contributed by atoms with Crippen molar-refractivity contribution in [2.75, 3.05) is 0 Å². The molecule has 2 aliphatic rings. The summed E-state index contributed by atoms with van der Waals surface area (Å²) in [5.74, 6) is -0.332.